The van der Waals surface area contributed by atoms with Crippen LogP contribution in [0.2, 0.25) is 0 Å². The summed E-state index contributed by atoms with van der Waals surface area (Å²) in [5.74, 6) is -0.662. The lowest BCUT2D eigenvalue weighted by molar-refractivity contribution is -0.132. The van der Waals surface area contributed by atoms with E-state index in [1.807, 2.05) is 49.4 Å². The average molecular weight is 557 g/mol. The molecule has 9 heteroatoms. The van der Waals surface area contributed by atoms with Crippen LogP contribution in [0, 0.1) is 0 Å². The fourth-order valence-corrected chi connectivity index (χ4v) is 5.02. The van der Waals surface area contributed by atoms with Crippen molar-refractivity contribution in [3.63, 3.8) is 0 Å². The summed E-state index contributed by atoms with van der Waals surface area (Å²) in [5, 5.41) is 7.70. The van der Waals surface area contributed by atoms with E-state index < -0.39 is 5.97 Å². The number of likely N-dealkylation sites (tertiary alicyclic amines) is 1. The maximum atomic E-state index is 13.3. The molecular formula is C32H36N4O5. The lowest BCUT2D eigenvalue weighted by atomic mass is 9.97. The first kappa shape index (κ1) is 29.5. The number of allylic oxidation sites excluding steroid dienone is 1. The van der Waals surface area contributed by atoms with Gasteiger partial charge in [-0.2, -0.15) is 0 Å². The van der Waals surface area contributed by atoms with Crippen molar-refractivity contribution >= 4 is 40.9 Å². The van der Waals surface area contributed by atoms with Crippen LogP contribution in [0.1, 0.15) is 51.6 Å². The molecule has 1 heterocycles. The van der Waals surface area contributed by atoms with Gasteiger partial charge >= 0.3 is 5.97 Å². The van der Waals surface area contributed by atoms with Crippen molar-refractivity contribution in [2.45, 2.75) is 25.8 Å². The second kappa shape index (κ2) is 13.7. The number of benzene rings is 3. The van der Waals surface area contributed by atoms with E-state index in [2.05, 4.69) is 22.6 Å². The molecule has 1 aliphatic rings. The van der Waals surface area contributed by atoms with E-state index in [1.54, 1.807) is 30.3 Å². The van der Waals surface area contributed by atoms with Gasteiger partial charge in [-0.1, -0.05) is 36.4 Å². The molecule has 3 aromatic carbocycles. The Morgan fingerprint density at radius 1 is 0.927 bits per heavy atom. The fraction of sp³-hybridized carbons (Fsp3) is 0.281. The molecule has 0 aliphatic carbocycles. The van der Waals surface area contributed by atoms with Crippen LogP contribution in [-0.4, -0.2) is 68.6 Å². The topological polar surface area (TPSA) is 100 Å². The van der Waals surface area contributed by atoms with Crippen LogP contribution < -0.4 is 10.6 Å². The zero-order valence-corrected chi connectivity index (χ0v) is 23.8. The Balaban J connectivity index is 1.65. The van der Waals surface area contributed by atoms with Gasteiger partial charge in [0.25, 0.3) is 5.91 Å². The molecule has 9 nitrogen and oxygen atoms in total. The van der Waals surface area contributed by atoms with Crippen molar-refractivity contribution in [2.75, 3.05) is 45.0 Å². The van der Waals surface area contributed by atoms with Gasteiger partial charge in [0.15, 0.2) is 0 Å². The normalized spacial score (nSPS) is 14.5. The predicted octanol–water partition coefficient (Wildman–Crippen LogP) is 5.14. The number of nitrogens with zero attached hydrogens (tertiary/aromatic N) is 2. The summed E-state index contributed by atoms with van der Waals surface area (Å²) in [6, 6.07) is 22.2. The van der Waals surface area contributed by atoms with E-state index in [9.17, 15) is 14.4 Å². The molecule has 0 bridgehead atoms. The Kier molecular flexibility index (Phi) is 9.89. The number of hydroxylamine groups is 2. The molecule has 0 spiro atoms. The minimum Gasteiger partial charge on any atom is -0.465 e. The summed E-state index contributed by atoms with van der Waals surface area (Å²) >= 11 is 0. The molecule has 4 rings (SSSR count). The highest BCUT2D eigenvalue weighted by atomic mass is 16.7. The number of hydrogen-bond acceptors (Lipinski definition) is 7. The van der Waals surface area contributed by atoms with E-state index >= 15 is 0 Å². The first-order valence-corrected chi connectivity index (χ1v) is 13.5. The fourth-order valence-electron chi connectivity index (χ4n) is 5.02. The highest BCUT2D eigenvalue weighted by Gasteiger charge is 2.28. The molecule has 2 N–H and O–H groups in total. The van der Waals surface area contributed by atoms with E-state index in [0.717, 1.165) is 54.0 Å². The molecule has 2 amide bonds. The third-order valence-corrected chi connectivity index (χ3v) is 7.31. The SMILES string of the molecule is COC(=O)c1ccc(/C(C)=C(/Nc2ccc(C(=O)N(OC)C3CCN(C)CC3)cc2)c2ccccc2)c(NC=O)c1. The lowest BCUT2D eigenvalue weighted by Gasteiger charge is -2.35. The molecular weight excluding hydrogens is 520 g/mol. The number of rotatable bonds is 10. The quantitative estimate of drug-likeness (QED) is 0.154. The maximum Gasteiger partial charge on any atom is 0.337 e. The second-order valence-corrected chi connectivity index (χ2v) is 9.93. The van der Waals surface area contributed by atoms with Crippen LogP contribution in [0.5, 0.6) is 0 Å². The van der Waals surface area contributed by atoms with E-state index in [4.69, 9.17) is 9.57 Å². The Morgan fingerprint density at radius 2 is 1.59 bits per heavy atom. The van der Waals surface area contributed by atoms with Crippen LogP contribution in [0.25, 0.3) is 11.3 Å². The molecule has 1 aliphatic heterocycles. The zero-order chi connectivity index (χ0) is 29.4. The Labute approximate surface area is 240 Å². The molecule has 3 aromatic rings. The standard InChI is InChI=1S/C32H36N4O5/c1-22(28-15-12-25(32(39)40-3)20-29(28)33-21-37)30(23-8-6-5-7-9-23)34-26-13-10-24(11-14-26)31(38)36(41-4)27-16-18-35(2)19-17-27/h5-15,20-21,27,34H,16-19H2,1-4H3,(H,33,37)/b30-22+. The van der Waals surface area contributed by atoms with Crippen molar-refractivity contribution in [3.8, 4) is 0 Å². The van der Waals surface area contributed by atoms with Gasteiger partial charge in [0.1, 0.15) is 0 Å². The lowest BCUT2D eigenvalue weighted by Crippen LogP contribution is -2.46. The van der Waals surface area contributed by atoms with Gasteiger partial charge in [0.05, 0.1) is 25.8 Å². The number of anilines is 2. The Bertz CT molecular complexity index is 1400. The van der Waals surface area contributed by atoms with Crippen molar-refractivity contribution in [1.82, 2.24) is 9.96 Å². The third-order valence-electron chi connectivity index (χ3n) is 7.31. The molecule has 0 unspecified atom stereocenters. The number of hydrogen-bond donors (Lipinski definition) is 2. The summed E-state index contributed by atoms with van der Waals surface area (Å²) in [7, 11) is 4.93. The number of amides is 2. The van der Waals surface area contributed by atoms with E-state index in [1.165, 1.54) is 19.3 Å². The summed E-state index contributed by atoms with van der Waals surface area (Å²) < 4.78 is 4.84. The first-order valence-electron chi connectivity index (χ1n) is 13.5. The first-order chi connectivity index (χ1) is 19.9. The third kappa shape index (κ3) is 7.00. The highest BCUT2D eigenvalue weighted by Crippen LogP contribution is 2.33. The van der Waals surface area contributed by atoms with Crippen LogP contribution in [0.3, 0.4) is 0 Å². The predicted molar refractivity (Wildman–Crippen MR) is 160 cm³/mol. The van der Waals surface area contributed by atoms with Crippen LogP contribution in [0.4, 0.5) is 11.4 Å². The van der Waals surface area contributed by atoms with Crippen molar-refractivity contribution in [3.05, 3.63) is 95.1 Å². The minimum absolute atomic E-state index is 0.0384. The minimum atomic E-state index is -0.494. The van der Waals surface area contributed by atoms with E-state index in [0.29, 0.717) is 23.2 Å². The van der Waals surface area contributed by atoms with Gasteiger partial charge in [-0.05, 0) is 87.4 Å². The van der Waals surface area contributed by atoms with Gasteiger partial charge in [-0.15, -0.1) is 0 Å². The number of methoxy groups -OCH3 is 1. The number of piperidine rings is 1. The number of ether oxygens (including phenoxy) is 1. The van der Waals surface area contributed by atoms with Crippen molar-refractivity contribution < 1.29 is 24.0 Å². The molecule has 0 saturated carbocycles. The van der Waals surface area contributed by atoms with Crippen molar-refractivity contribution in [1.29, 1.82) is 0 Å². The maximum absolute atomic E-state index is 13.3. The van der Waals surface area contributed by atoms with Gasteiger partial charge < -0.3 is 20.3 Å². The zero-order valence-electron chi connectivity index (χ0n) is 23.8. The number of carbonyl (C=O) groups is 3. The van der Waals surface area contributed by atoms with E-state index in [-0.39, 0.29) is 11.9 Å². The molecule has 214 valence electrons. The van der Waals surface area contributed by atoms with Crippen LogP contribution >= 0.6 is 0 Å². The number of esters is 1. The summed E-state index contributed by atoms with van der Waals surface area (Å²) in [6.45, 7) is 3.78. The van der Waals surface area contributed by atoms with Crippen molar-refractivity contribution in [2.24, 2.45) is 0 Å². The van der Waals surface area contributed by atoms with Gasteiger partial charge in [-0.25, -0.2) is 9.86 Å². The monoisotopic (exact) mass is 556 g/mol. The highest BCUT2D eigenvalue weighted by molar-refractivity contribution is 6.01. The average Bonchev–Trinajstić information content (AvgIpc) is 3.01. The van der Waals surface area contributed by atoms with Crippen LogP contribution in [0.15, 0.2) is 72.8 Å². The molecule has 1 fully saturated rings. The molecule has 41 heavy (non-hydrogen) atoms. The Hall–Kier alpha value is -4.47. The van der Waals surface area contributed by atoms with Gasteiger partial charge in [0, 0.05) is 28.2 Å². The van der Waals surface area contributed by atoms with Crippen LogP contribution in [-0.2, 0) is 14.4 Å². The molecule has 0 radical (unpaired) electrons. The smallest absolute Gasteiger partial charge is 0.337 e. The van der Waals surface area contributed by atoms with Gasteiger partial charge in [-0.3, -0.25) is 14.4 Å². The Morgan fingerprint density at radius 3 is 2.20 bits per heavy atom. The number of nitrogens with one attached hydrogen (secondary N) is 2. The number of carbonyl (C=O) groups excluding carboxylic acids is 3. The second-order valence-electron chi connectivity index (χ2n) is 9.93. The summed E-state index contributed by atoms with van der Waals surface area (Å²) in [5.41, 5.74) is 5.41. The molecule has 0 atom stereocenters. The molecule has 0 aromatic heterocycles. The largest absolute Gasteiger partial charge is 0.465 e. The summed E-state index contributed by atoms with van der Waals surface area (Å²) in [6.07, 6.45) is 2.30. The summed E-state index contributed by atoms with van der Waals surface area (Å²) in [4.78, 5) is 44.5. The van der Waals surface area contributed by atoms with Gasteiger partial charge in [0.2, 0.25) is 6.41 Å². The molecule has 1 saturated heterocycles.